The van der Waals surface area contributed by atoms with E-state index in [4.69, 9.17) is 4.55 Å². The molecule has 0 bridgehead atoms. The summed E-state index contributed by atoms with van der Waals surface area (Å²) in [7, 11) is -4.02. The van der Waals surface area contributed by atoms with E-state index >= 15 is 0 Å². The number of rotatable bonds is 5. The maximum Gasteiger partial charge on any atom is 0.294 e. The second-order valence-electron chi connectivity index (χ2n) is 8.77. The Morgan fingerprint density at radius 2 is 1.48 bits per heavy atom. The van der Waals surface area contributed by atoms with E-state index in [9.17, 15) is 18.9 Å². The van der Waals surface area contributed by atoms with E-state index in [1.54, 1.807) is 23.1 Å². The molecule has 8 nitrogen and oxygen atoms in total. The minimum absolute atomic E-state index is 0.0666. The van der Waals surface area contributed by atoms with Gasteiger partial charge in [0.15, 0.2) is 0 Å². The Hall–Kier alpha value is -3.53. The van der Waals surface area contributed by atoms with Crippen LogP contribution in [0.15, 0.2) is 60.0 Å². The van der Waals surface area contributed by atoms with Crippen LogP contribution in [0.2, 0.25) is 0 Å². The quantitative estimate of drug-likeness (QED) is 0.559. The minimum atomic E-state index is -4.02. The van der Waals surface area contributed by atoms with Crippen LogP contribution >= 0.6 is 0 Å². The molecule has 1 heterocycles. The molecule has 172 valence electrons. The van der Waals surface area contributed by atoms with Crippen LogP contribution in [0.1, 0.15) is 49.9 Å². The Morgan fingerprint density at radius 3 is 1.88 bits per heavy atom. The Labute approximate surface area is 194 Å². The molecule has 0 spiro atoms. The summed E-state index contributed by atoms with van der Waals surface area (Å²) in [6.45, 7) is 9.92. The van der Waals surface area contributed by atoms with Crippen LogP contribution < -0.4 is 0 Å². The third-order valence-corrected chi connectivity index (χ3v) is 5.99. The van der Waals surface area contributed by atoms with Gasteiger partial charge in [-0.2, -0.15) is 24.0 Å². The van der Waals surface area contributed by atoms with Crippen LogP contribution in [0, 0.1) is 29.6 Å². The third kappa shape index (κ3) is 6.98. The van der Waals surface area contributed by atoms with Crippen molar-refractivity contribution in [2.75, 3.05) is 0 Å². The molecular weight excluding hydrogens is 438 g/mol. The molecule has 0 aliphatic carbocycles. The lowest BCUT2D eigenvalue weighted by atomic mass is 9.79. The molecule has 0 saturated heterocycles. The van der Waals surface area contributed by atoms with Crippen molar-refractivity contribution in [3.05, 3.63) is 77.4 Å². The molecule has 2 aromatic carbocycles. The van der Waals surface area contributed by atoms with Gasteiger partial charge in [-0.15, -0.1) is 0 Å². The Bertz CT molecular complexity index is 1240. The number of benzene rings is 2. The first-order chi connectivity index (χ1) is 15.3. The topological polar surface area (TPSA) is 133 Å². The lowest BCUT2D eigenvalue weighted by Crippen LogP contribution is -2.20. The van der Waals surface area contributed by atoms with Crippen LogP contribution in [0.3, 0.4) is 0 Å². The fourth-order valence-corrected chi connectivity index (χ4v) is 3.33. The van der Waals surface area contributed by atoms with E-state index < -0.39 is 20.9 Å². The molecule has 33 heavy (non-hydrogen) atoms. The van der Waals surface area contributed by atoms with E-state index in [0.717, 1.165) is 22.3 Å². The monoisotopic (exact) mass is 465 g/mol. The van der Waals surface area contributed by atoms with E-state index in [1.165, 1.54) is 18.5 Å². The molecule has 1 aromatic heterocycles. The second kappa shape index (κ2) is 9.95. The fraction of sp³-hybridized carbons (Fsp3) is 0.333. The van der Waals surface area contributed by atoms with Gasteiger partial charge >= 0.3 is 0 Å². The van der Waals surface area contributed by atoms with Crippen molar-refractivity contribution in [1.29, 1.82) is 10.5 Å². The van der Waals surface area contributed by atoms with E-state index in [1.807, 2.05) is 52.8 Å². The molecule has 3 rings (SSSR count). The van der Waals surface area contributed by atoms with Gasteiger partial charge in [-0.1, -0.05) is 35.9 Å². The van der Waals surface area contributed by atoms with Crippen molar-refractivity contribution in [1.82, 2.24) is 14.8 Å². The number of nitrogens with zero attached hydrogens (tertiary/aromatic N) is 5. The minimum Gasteiger partial charge on any atom is -0.282 e. The van der Waals surface area contributed by atoms with E-state index in [2.05, 4.69) is 22.2 Å². The van der Waals surface area contributed by atoms with Gasteiger partial charge in [-0.05, 0) is 63.4 Å². The smallest absolute Gasteiger partial charge is 0.282 e. The molecule has 0 fully saturated rings. The predicted molar refractivity (Wildman–Crippen MR) is 124 cm³/mol. The third-order valence-electron chi connectivity index (χ3n) is 5.13. The Kier molecular flexibility index (Phi) is 7.76. The molecule has 0 atom stereocenters. The first kappa shape index (κ1) is 25.7. The summed E-state index contributed by atoms with van der Waals surface area (Å²) in [6, 6.07) is 16.6. The summed E-state index contributed by atoms with van der Waals surface area (Å²) in [6.07, 6.45) is 3.14. The molecular formula is C24H27N5O3S. The van der Waals surface area contributed by atoms with E-state index in [0.29, 0.717) is 6.54 Å². The molecule has 0 unspecified atom stereocenters. The number of hydrogen-bond donors (Lipinski definition) is 1. The highest BCUT2D eigenvalue weighted by Gasteiger charge is 2.26. The standard InChI is InChI=1S/C17H19N5.C7H8O3S/c1-16(2,9-18)14-5-13(8-22-12-20-11-21-22)6-15(7-14)17(3,4)10-19;1-6-2-4-7(5-3-6)11(8,9)10/h5-7,11-12H,8H2,1-4H3;2-5H,1H3,(H,8,9,10). The molecule has 0 aliphatic rings. The van der Waals surface area contributed by atoms with Crippen molar-refractivity contribution >= 4 is 10.1 Å². The highest BCUT2D eigenvalue weighted by molar-refractivity contribution is 7.85. The van der Waals surface area contributed by atoms with Gasteiger partial charge in [0.1, 0.15) is 12.7 Å². The molecule has 3 aromatic rings. The molecule has 0 amide bonds. The molecule has 0 saturated carbocycles. The van der Waals surface area contributed by atoms with Crippen molar-refractivity contribution in [2.24, 2.45) is 0 Å². The normalized spacial score (nSPS) is 11.6. The average Bonchev–Trinajstić information content (AvgIpc) is 3.26. The van der Waals surface area contributed by atoms with Crippen molar-refractivity contribution in [2.45, 2.75) is 56.9 Å². The van der Waals surface area contributed by atoms with Gasteiger partial charge < -0.3 is 0 Å². The molecule has 0 aliphatic heterocycles. The maximum atomic E-state index is 10.5. The molecule has 1 N–H and O–H groups in total. The van der Waals surface area contributed by atoms with Gasteiger partial charge in [0, 0.05) is 0 Å². The summed E-state index contributed by atoms with van der Waals surface area (Å²) in [5.41, 5.74) is 2.55. The number of aromatic nitrogens is 3. The average molecular weight is 466 g/mol. The fourth-order valence-electron chi connectivity index (χ4n) is 2.85. The predicted octanol–water partition coefficient (Wildman–Crippen LogP) is 4.17. The zero-order chi connectivity index (χ0) is 24.9. The van der Waals surface area contributed by atoms with Crippen molar-refractivity contribution < 1.29 is 13.0 Å². The van der Waals surface area contributed by atoms with Crippen LogP contribution in [0.5, 0.6) is 0 Å². The lowest BCUT2D eigenvalue weighted by molar-refractivity contribution is 0.483. The van der Waals surface area contributed by atoms with Gasteiger partial charge in [0.2, 0.25) is 0 Å². The summed E-state index contributed by atoms with van der Waals surface area (Å²) >= 11 is 0. The van der Waals surface area contributed by atoms with Gasteiger partial charge in [-0.3, -0.25) is 4.55 Å². The van der Waals surface area contributed by atoms with Crippen LogP contribution in [-0.2, 0) is 27.5 Å². The highest BCUT2D eigenvalue weighted by Crippen LogP contribution is 2.30. The first-order valence-electron chi connectivity index (χ1n) is 10.1. The zero-order valence-electron chi connectivity index (χ0n) is 19.3. The van der Waals surface area contributed by atoms with Gasteiger partial charge in [0.25, 0.3) is 10.1 Å². The summed E-state index contributed by atoms with van der Waals surface area (Å²) < 4.78 is 31.3. The molecule has 9 heteroatoms. The SMILES string of the molecule is CC(C)(C#N)c1cc(Cn2cncn2)cc(C(C)(C)C#N)c1.Cc1ccc(S(=O)(=O)O)cc1. The summed E-state index contributed by atoms with van der Waals surface area (Å²) in [4.78, 5) is 3.87. The van der Waals surface area contributed by atoms with Crippen LogP contribution in [-0.4, -0.2) is 27.7 Å². The first-order valence-corrected chi connectivity index (χ1v) is 11.6. The zero-order valence-corrected chi connectivity index (χ0v) is 20.1. The van der Waals surface area contributed by atoms with Gasteiger partial charge in [0.05, 0.1) is 34.4 Å². The number of hydrogen-bond acceptors (Lipinski definition) is 6. The largest absolute Gasteiger partial charge is 0.294 e. The van der Waals surface area contributed by atoms with Crippen molar-refractivity contribution in [3.8, 4) is 12.1 Å². The Morgan fingerprint density at radius 1 is 0.970 bits per heavy atom. The van der Waals surface area contributed by atoms with Crippen molar-refractivity contribution in [3.63, 3.8) is 0 Å². The maximum absolute atomic E-state index is 10.5. The molecule has 0 radical (unpaired) electrons. The number of aryl methyl sites for hydroxylation is 1. The van der Waals surface area contributed by atoms with E-state index in [-0.39, 0.29) is 4.90 Å². The second-order valence-corrected chi connectivity index (χ2v) is 10.2. The number of nitriles is 2. The van der Waals surface area contributed by atoms with Crippen LogP contribution in [0.4, 0.5) is 0 Å². The van der Waals surface area contributed by atoms with Crippen LogP contribution in [0.25, 0.3) is 0 Å². The lowest BCUT2D eigenvalue weighted by Gasteiger charge is -2.23. The summed E-state index contributed by atoms with van der Waals surface area (Å²) in [5.74, 6) is 0. The highest BCUT2D eigenvalue weighted by atomic mass is 32.2. The summed E-state index contributed by atoms with van der Waals surface area (Å²) in [5, 5.41) is 22.9. The Balaban J connectivity index is 0.000000294. The van der Waals surface area contributed by atoms with Gasteiger partial charge in [-0.25, -0.2) is 9.67 Å².